The lowest BCUT2D eigenvalue weighted by Crippen LogP contribution is -2.52. The fourth-order valence-corrected chi connectivity index (χ4v) is 2.99. The number of hydrogen-bond acceptors (Lipinski definition) is 2. The topological polar surface area (TPSA) is 58.7 Å². The van der Waals surface area contributed by atoms with Crippen LogP contribution in [-0.4, -0.2) is 28.9 Å². The monoisotopic (exact) mass is 209 g/mol. The molecule has 1 heterocycles. The van der Waals surface area contributed by atoms with Gasteiger partial charge in [0.25, 0.3) is 0 Å². The van der Waals surface area contributed by atoms with Crippen LogP contribution in [0.15, 0.2) is 4.99 Å². The summed E-state index contributed by atoms with van der Waals surface area (Å²) in [6.45, 7) is 7.13. The fourth-order valence-electron chi connectivity index (χ4n) is 2.99. The summed E-state index contributed by atoms with van der Waals surface area (Å²) in [4.78, 5) is 17.4. The average Bonchev–Trinajstić information content (AvgIpc) is 2.54. The summed E-state index contributed by atoms with van der Waals surface area (Å²) in [6, 6.07) is -0.160. The molecule has 1 spiro atoms. The molecule has 84 valence electrons. The maximum atomic E-state index is 11.6. The molecular weight excluding hydrogens is 190 g/mol. The van der Waals surface area contributed by atoms with Gasteiger partial charge in [0, 0.05) is 6.54 Å². The molecule has 1 aliphatic carbocycles. The van der Waals surface area contributed by atoms with Crippen molar-refractivity contribution in [2.75, 3.05) is 6.54 Å². The Morgan fingerprint density at radius 3 is 2.60 bits per heavy atom. The lowest BCUT2D eigenvalue weighted by molar-refractivity contribution is 0.170. The van der Waals surface area contributed by atoms with Crippen molar-refractivity contribution >= 4 is 11.9 Å². The number of hydrogen-bond donors (Lipinski definition) is 1. The summed E-state index contributed by atoms with van der Waals surface area (Å²) in [5.74, 6) is 0.528. The minimum Gasteiger partial charge on any atom is -0.385 e. The van der Waals surface area contributed by atoms with Crippen LogP contribution in [0.4, 0.5) is 4.79 Å². The molecule has 0 radical (unpaired) electrons. The zero-order valence-electron chi connectivity index (χ0n) is 9.71. The molecule has 2 amide bonds. The van der Waals surface area contributed by atoms with E-state index in [1.54, 1.807) is 0 Å². The highest BCUT2D eigenvalue weighted by molar-refractivity contribution is 6.06. The van der Waals surface area contributed by atoms with Crippen LogP contribution in [0.3, 0.4) is 0 Å². The van der Waals surface area contributed by atoms with Crippen molar-refractivity contribution in [3.63, 3.8) is 0 Å². The molecule has 1 fully saturated rings. The summed E-state index contributed by atoms with van der Waals surface area (Å²) in [5, 5.41) is 0. The van der Waals surface area contributed by atoms with E-state index in [0.717, 1.165) is 19.3 Å². The second-order valence-electron chi connectivity index (χ2n) is 5.40. The molecule has 0 aromatic heterocycles. The molecule has 0 bridgehead atoms. The highest BCUT2D eigenvalue weighted by Gasteiger charge is 2.54. The van der Waals surface area contributed by atoms with Crippen molar-refractivity contribution in [3.8, 4) is 0 Å². The smallest absolute Gasteiger partial charge is 0.346 e. The molecule has 1 atom stereocenters. The van der Waals surface area contributed by atoms with Gasteiger partial charge in [0.1, 0.15) is 11.4 Å². The number of likely N-dealkylation sites (N-methyl/N-ethyl adjacent to an activating group) is 1. The van der Waals surface area contributed by atoms with Crippen LogP contribution in [0, 0.1) is 5.41 Å². The zero-order chi connectivity index (χ0) is 11.3. The van der Waals surface area contributed by atoms with Crippen LogP contribution in [0.25, 0.3) is 0 Å². The van der Waals surface area contributed by atoms with Gasteiger partial charge in [-0.15, -0.1) is 0 Å². The van der Waals surface area contributed by atoms with Gasteiger partial charge in [0.15, 0.2) is 0 Å². The first-order valence-corrected chi connectivity index (χ1v) is 5.57. The van der Waals surface area contributed by atoms with Gasteiger partial charge in [-0.05, 0) is 31.6 Å². The van der Waals surface area contributed by atoms with Crippen LogP contribution in [0.5, 0.6) is 0 Å². The van der Waals surface area contributed by atoms with Gasteiger partial charge in [-0.25, -0.2) is 4.79 Å². The molecule has 4 nitrogen and oxygen atoms in total. The van der Waals surface area contributed by atoms with E-state index in [1.807, 2.05) is 11.8 Å². The van der Waals surface area contributed by atoms with E-state index in [2.05, 4.69) is 18.8 Å². The van der Waals surface area contributed by atoms with Crippen molar-refractivity contribution < 1.29 is 4.79 Å². The van der Waals surface area contributed by atoms with Gasteiger partial charge < -0.3 is 10.6 Å². The predicted octanol–water partition coefficient (Wildman–Crippen LogP) is 1.75. The molecule has 4 heteroatoms. The van der Waals surface area contributed by atoms with Crippen molar-refractivity contribution in [3.05, 3.63) is 0 Å². The molecule has 2 rings (SSSR count). The van der Waals surface area contributed by atoms with Gasteiger partial charge in [0.05, 0.1) is 0 Å². The Morgan fingerprint density at radius 2 is 2.13 bits per heavy atom. The van der Waals surface area contributed by atoms with E-state index in [4.69, 9.17) is 5.73 Å². The number of urea groups is 1. The zero-order valence-corrected chi connectivity index (χ0v) is 9.71. The number of carbonyl (C=O) groups excluding carboxylic acids is 1. The fraction of sp³-hybridized carbons (Fsp3) is 0.818. The van der Waals surface area contributed by atoms with Crippen molar-refractivity contribution in [2.24, 2.45) is 16.1 Å². The number of rotatable bonds is 1. The van der Waals surface area contributed by atoms with Gasteiger partial charge in [0.2, 0.25) is 0 Å². The predicted molar refractivity (Wildman–Crippen MR) is 59.8 cm³/mol. The Morgan fingerprint density at radius 1 is 1.47 bits per heavy atom. The molecule has 1 unspecified atom stereocenters. The Balaban J connectivity index is 2.35. The standard InChI is InChI=1S/C11H19N3O/c1-4-14-9(15)13-8(12)11(14)6-5-10(2,3)7-11/h4-7H2,1-3H3,(H2,12,13,15). The van der Waals surface area contributed by atoms with Crippen molar-refractivity contribution in [2.45, 2.75) is 45.6 Å². The van der Waals surface area contributed by atoms with Crippen LogP contribution in [-0.2, 0) is 0 Å². The first-order valence-electron chi connectivity index (χ1n) is 5.57. The minimum atomic E-state index is -0.269. The second-order valence-corrected chi connectivity index (χ2v) is 5.40. The molecule has 2 aliphatic rings. The quantitative estimate of drug-likeness (QED) is 0.715. The number of amides is 2. The van der Waals surface area contributed by atoms with Crippen molar-refractivity contribution in [1.29, 1.82) is 0 Å². The highest BCUT2D eigenvalue weighted by atomic mass is 16.2. The minimum absolute atomic E-state index is 0.160. The maximum Gasteiger partial charge on any atom is 0.346 e. The Kier molecular flexibility index (Phi) is 2.07. The molecule has 15 heavy (non-hydrogen) atoms. The summed E-state index contributed by atoms with van der Waals surface area (Å²) < 4.78 is 0. The third kappa shape index (κ3) is 1.34. The summed E-state index contributed by atoms with van der Waals surface area (Å²) in [5.41, 5.74) is 5.93. The number of amidine groups is 1. The molecule has 1 saturated carbocycles. The van der Waals surface area contributed by atoms with Crippen LogP contribution in [0.1, 0.15) is 40.0 Å². The number of carbonyl (C=O) groups is 1. The SMILES string of the molecule is CCN1C(=O)N=C(N)C12CCC(C)(C)C2. The van der Waals surface area contributed by atoms with E-state index in [-0.39, 0.29) is 17.0 Å². The van der Waals surface area contributed by atoms with Gasteiger partial charge in [-0.2, -0.15) is 4.99 Å². The number of nitrogens with two attached hydrogens (primary N) is 1. The first-order chi connectivity index (χ1) is 6.91. The third-order valence-electron chi connectivity index (χ3n) is 3.74. The van der Waals surface area contributed by atoms with Crippen LogP contribution >= 0.6 is 0 Å². The van der Waals surface area contributed by atoms with E-state index >= 15 is 0 Å². The highest BCUT2D eigenvalue weighted by Crippen LogP contribution is 2.48. The van der Waals surface area contributed by atoms with Gasteiger partial charge in [-0.1, -0.05) is 13.8 Å². The summed E-state index contributed by atoms with van der Waals surface area (Å²) in [7, 11) is 0. The molecular formula is C11H19N3O. The molecule has 0 saturated heterocycles. The van der Waals surface area contributed by atoms with E-state index < -0.39 is 0 Å². The van der Waals surface area contributed by atoms with E-state index in [9.17, 15) is 4.79 Å². The average molecular weight is 209 g/mol. The van der Waals surface area contributed by atoms with E-state index in [0.29, 0.717) is 12.4 Å². The Labute approximate surface area is 90.5 Å². The van der Waals surface area contributed by atoms with Gasteiger partial charge in [-0.3, -0.25) is 0 Å². The third-order valence-corrected chi connectivity index (χ3v) is 3.74. The second kappa shape index (κ2) is 2.97. The summed E-state index contributed by atoms with van der Waals surface area (Å²) in [6.07, 6.45) is 3.00. The van der Waals surface area contributed by atoms with E-state index in [1.165, 1.54) is 0 Å². The Hall–Kier alpha value is -1.06. The number of aliphatic imine (C=N–C) groups is 1. The number of nitrogens with zero attached hydrogens (tertiary/aromatic N) is 2. The summed E-state index contributed by atoms with van der Waals surface area (Å²) >= 11 is 0. The molecule has 1 aliphatic heterocycles. The molecule has 0 aromatic carbocycles. The van der Waals surface area contributed by atoms with Gasteiger partial charge >= 0.3 is 6.03 Å². The largest absolute Gasteiger partial charge is 0.385 e. The van der Waals surface area contributed by atoms with Crippen LogP contribution < -0.4 is 5.73 Å². The molecule has 0 aromatic rings. The first kappa shape index (κ1) is 10.5. The Bertz CT molecular complexity index is 335. The molecule has 2 N–H and O–H groups in total. The lowest BCUT2D eigenvalue weighted by atomic mass is 9.86. The normalized spacial score (nSPS) is 33.9. The maximum absolute atomic E-state index is 11.6. The van der Waals surface area contributed by atoms with Crippen LogP contribution in [0.2, 0.25) is 0 Å². The lowest BCUT2D eigenvalue weighted by Gasteiger charge is -2.35. The van der Waals surface area contributed by atoms with Crippen molar-refractivity contribution in [1.82, 2.24) is 4.90 Å².